The molecule has 0 radical (unpaired) electrons. The molecule has 1 heterocycles. The van der Waals surface area contributed by atoms with Gasteiger partial charge in [0.05, 0.1) is 35.5 Å². The molecular weight excluding hydrogens is 269 g/mol. The molecule has 0 spiro atoms. The van der Waals surface area contributed by atoms with Crippen LogP contribution in [0.5, 0.6) is 0 Å². The van der Waals surface area contributed by atoms with E-state index in [9.17, 15) is 4.79 Å². The molecule has 0 aromatic heterocycles. The van der Waals surface area contributed by atoms with Gasteiger partial charge in [-0.2, -0.15) is 5.26 Å². The van der Waals surface area contributed by atoms with Gasteiger partial charge < -0.3 is 14.0 Å². The highest BCUT2D eigenvalue weighted by Crippen LogP contribution is 2.36. The molecule has 0 atom stereocenters. The summed E-state index contributed by atoms with van der Waals surface area (Å²) in [5.41, 5.74) is 0.239. The normalized spacial score (nSPS) is 19.1. The number of hydrogen-bond donors (Lipinski definition) is 0. The van der Waals surface area contributed by atoms with Crippen molar-refractivity contribution in [3.8, 4) is 6.07 Å². The topological polar surface area (TPSA) is 68.6 Å². The van der Waals surface area contributed by atoms with E-state index in [1.165, 1.54) is 13.2 Å². The van der Waals surface area contributed by atoms with Crippen LogP contribution in [0.1, 0.15) is 43.6 Å². The van der Waals surface area contributed by atoms with Gasteiger partial charge in [-0.3, -0.25) is 0 Å². The van der Waals surface area contributed by atoms with Crippen LogP contribution in [-0.4, -0.2) is 31.4 Å². The van der Waals surface area contributed by atoms with Gasteiger partial charge in [-0.15, -0.1) is 0 Å². The molecule has 110 valence electrons. The van der Waals surface area contributed by atoms with Crippen molar-refractivity contribution < 1.29 is 18.8 Å². The van der Waals surface area contributed by atoms with E-state index in [2.05, 4.69) is 0 Å². The molecule has 1 saturated heterocycles. The minimum absolute atomic E-state index is 0.287. The van der Waals surface area contributed by atoms with E-state index >= 15 is 0 Å². The van der Waals surface area contributed by atoms with Gasteiger partial charge >= 0.3 is 13.1 Å². The highest BCUT2D eigenvalue weighted by molar-refractivity contribution is 6.63. The summed E-state index contributed by atoms with van der Waals surface area (Å²) in [6, 6.07) is 6.80. The number of ether oxygens (including phenoxy) is 1. The fraction of sp³-hybridized carbons (Fsp3) is 0.467. The second-order valence-corrected chi connectivity index (χ2v) is 5.99. The summed E-state index contributed by atoms with van der Waals surface area (Å²) in [4.78, 5) is 11.9. The number of nitrogens with zero attached hydrogens (tertiary/aromatic N) is 1. The Hall–Kier alpha value is -1.84. The molecule has 1 aliphatic rings. The minimum Gasteiger partial charge on any atom is -0.465 e. The first-order valence-electron chi connectivity index (χ1n) is 6.70. The highest BCUT2D eigenvalue weighted by atomic mass is 16.7. The van der Waals surface area contributed by atoms with Crippen LogP contribution in [0.25, 0.3) is 0 Å². The molecule has 6 heteroatoms. The van der Waals surface area contributed by atoms with Crippen molar-refractivity contribution in [3.05, 3.63) is 29.3 Å². The fourth-order valence-corrected chi connectivity index (χ4v) is 2.09. The number of esters is 1. The van der Waals surface area contributed by atoms with Gasteiger partial charge in [0.1, 0.15) is 0 Å². The second-order valence-electron chi connectivity index (χ2n) is 5.99. The van der Waals surface area contributed by atoms with E-state index in [1.807, 2.05) is 33.8 Å². The lowest BCUT2D eigenvalue weighted by atomic mass is 9.75. The predicted molar refractivity (Wildman–Crippen MR) is 78.2 cm³/mol. The zero-order valence-electron chi connectivity index (χ0n) is 12.9. The molecule has 2 rings (SSSR count). The molecule has 0 saturated carbocycles. The zero-order chi connectivity index (χ0) is 15.8. The molecule has 21 heavy (non-hydrogen) atoms. The molecule has 0 N–H and O–H groups in total. The van der Waals surface area contributed by atoms with Crippen LogP contribution in [0.4, 0.5) is 0 Å². The number of methoxy groups -OCH3 is 1. The average molecular weight is 287 g/mol. The van der Waals surface area contributed by atoms with Crippen molar-refractivity contribution in [2.45, 2.75) is 38.9 Å². The third-order valence-electron chi connectivity index (χ3n) is 4.09. The maximum atomic E-state index is 11.9. The Morgan fingerprint density at radius 2 is 1.81 bits per heavy atom. The van der Waals surface area contributed by atoms with E-state index in [0.717, 1.165) is 0 Å². The van der Waals surface area contributed by atoms with Gasteiger partial charge in [-0.1, -0.05) is 6.07 Å². The van der Waals surface area contributed by atoms with E-state index < -0.39 is 24.3 Å². The minimum atomic E-state index is -0.670. The van der Waals surface area contributed by atoms with Crippen molar-refractivity contribution in [1.29, 1.82) is 5.26 Å². The lowest BCUT2D eigenvalue weighted by molar-refractivity contribution is 0.00578. The average Bonchev–Trinajstić information content (AvgIpc) is 2.65. The number of hydrogen-bond acceptors (Lipinski definition) is 5. The Morgan fingerprint density at radius 1 is 1.24 bits per heavy atom. The Labute approximate surface area is 124 Å². The van der Waals surface area contributed by atoms with Crippen LogP contribution in [0, 0.1) is 11.3 Å². The Balaban J connectivity index is 2.46. The molecule has 0 amide bonds. The molecule has 0 aliphatic carbocycles. The lowest BCUT2D eigenvalue weighted by Crippen LogP contribution is -2.41. The monoisotopic (exact) mass is 287 g/mol. The first-order valence-corrected chi connectivity index (χ1v) is 6.70. The van der Waals surface area contributed by atoms with Crippen molar-refractivity contribution in [2.75, 3.05) is 7.11 Å². The summed E-state index contributed by atoms with van der Waals surface area (Å²) in [5, 5.41) is 8.97. The maximum Gasteiger partial charge on any atom is 0.495 e. The van der Waals surface area contributed by atoms with Crippen molar-refractivity contribution in [2.24, 2.45) is 0 Å². The first-order chi connectivity index (χ1) is 9.71. The van der Waals surface area contributed by atoms with Crippen LogP contribution in [-0.2, 0) is 14.0 Å². The number of rotatable bonds is 2. The van der Waals surface area contributed by atoms with Crippen LogP contribution < -0.4 is 5.46 Å². The highest BCUT2D eigenvalue weighted by Gasteiger charge is 2.52. The SMILES string of the molecule is COC(=O)c1cc(C#N)ccc1B1OC(C)(C)C(C)(C)O1. The molecule has 5 nitrogen and oxygen atoms in total. The zero-order valence-corrected chi connectivity index (χ0v) is 12.9. The third-order valence-corrected chi connectivity index (χ3v) is 4.09. The molecule has 1 fully saturated rings. The Morgan fingerprint density at radius 3 is 2.29 bits per heavy atom. The number of nitriles is 1. The second kappa shape index (κ2) is 5.17. The lowest BCUT2D eigenvalue weighted by Gasteiger charge is -2.32. The predicted octanol–water partition coefficient (Wildman–Crippen LogP) is 1.64. The molecule has 0 bridgehead atoms. The van der Waals surface area contributed by atoms with Gasteiger partial charge in [0.15, 0.2) is 0 Å². The molecule has 1 aromatic rings. The number of benzene rings is 1. The summed E-state index contributed by atoms with van der Waals surface area (Å²) >= 11 is 0. The molecular formula is C15H18BNO4. The first kappa shape index (κ1) is 15.6. The summed E-state index contributed by atoms with van der Waals surface area (Å²) in [5.74, 6) is -0.517. The van der Waals surface area contributed by atoms with Crippen LogP contribution >= 0.6 is 0 Å². The Bertz CT molecular complexity index is 603. The van der Waals surface area contributed by atoms with Crippen LogP contribution in [0.2, 0.25) is 0 Å². The van der Waals surface area contributed by atoms with Gasteiger partial charge in [0.25, 0.3) is 0 Å². The van der Waals surface area contributed by atoms with E-state index in [1.54, 1.807) is 12.1 Å². The van der Waals surface area contributed by atoms with E-state index in [4.69, 9.17) is 19.3 Å². The van der Waals surface area contributed by atoms with E-state index in [0.29, 0.717) is 11.0 Å². The largest absolute Gasteiger partial charge is 0.495 e. The van der Waals surface area contributed by atoms with Crippen LogP contribution in [0.15, 0.2) is 18.2 Å². The summed E-state index contributed by atoms with van der Waals surface area (Å²) < 4.78 is 16.7. The standard InChI is InChI=1S/C15H18BNO4/c1-14(2)15(3,4)21-16(20-14)12-7-6-10(9-17)8-11(12)13(18)19-5/h6-8H,1-5H3. The number of carbonyl (C=O) groups is 1. The third kappa shape index (κ3) is 2.67. The quantitative estimate of drug-likeness (QED) is 0.611. The van der Waals surface area contributed by atoms with E-state index in [-0.39, 0.29) is 5.56 Å². The van der Waals surface area contributed by atoms with Gasteiger partial charge in [-0.05, 0) is 45.3 Å². The van der Waals surface area contributed by atoms with Gasteiger partial charge in [-0.25, -0.2) is 4.79 Å². The van der Waals surface area contributed by atoms with Gasteiger partial charge in [0, 0.05) is 0 Å². The molecule has 0 unspecified atom stereocenters. The smallest absolute Gasteiger partial charge is 0.465 e. The number of carbonyl (C=O) groups excluding carboxylic acids is 1. The molecule has 1 aliphatic heterocycles. The maximum absolute atomic E-state index is 11.9. The summed E-state index contributed by atoms with van der Waals surface area (Å²) in [6.45, 7) is 7.76. The van der Waals surface area contributed by atoms with Crippen LogP contribution in [0.3, 0.4) is 0 Å². The summed E-state index contributed by atoms with van der Waals surface area (Å²) in [6.07, 6.45) is 0. The molecule has 1 aromatic carbocycles. The van der Waals surface area contributed by atoms with Crippen molar-refractivity contribution in [1.82, 2.24) is 0 Å². The fourth-order valence-electron chi connectivity index (χ4n) is 2.09. The summed E-state index contributed by atoms with van der Waals surface area (Å²) in [7, 11) is 0.631. The van der Waals surface area contributed by atoms with Crippen molar-refractivity contribution >= 4 is 18.6 Å². The van der Waals surface area contributed by atoms with Crippen molar-refractivity contribution in [3.63, 3.8) is 0 Å². The Kier molecular flexibility index (Phi) is 3.83. The van der Waals surface area contributed by atoms with Gasteiger partial charge in [0.2, 0.25) is 0 Å².